The number of fused-ring (bicyclic) bond motifs is 1. The summed E-state index contributed by atoms with van der Waals surface area (Å²) in [6, 6.07) is 17.2. The van der Waals surface area contributed by atoms with Gasteiger partial charge in [0.2, 0.25) is 10.0 Å². The molecule has 3 aromatic rings. The largest absolute Gasteiger partial charge is 0.459 e. The standard InChI is InChI=1S/C26H33N3O4S2/c1-26(2,3)33-24(30)18-28-23-13-8-7-12-22(23)27-25(28)34-17-9-16-29(21-14-15-21)35(31,32)19-20-10-5-4-6-11-20/h4-8,10-13,21H,9,14-19H2,1-3H3. The molecule has 7 nitrogen and oxygen atoms in total. The van der Waals surface area contributed by atoms with E-state index in [4.69, 9.17) is 9.72 Å². The third-order valence-electron chi connectivity index (χ3n) is 5.58. The van der Waals surface area contributed by atoms with Crippen LogP contribution in [0.3, 0.4) is 0 Å². The van der Waals surface area contributed by atoms with E-state index in [9.17, 15) is 13.2 Å². The van der Waals surface area contributed by atoms with Crippen LogP contribution in [0.25, 0.3) is 11.0 Å². The molecule has 0 spiro atoms. The maximum absolute atomic E-state index is 13.1. The SMILES string of the molecule is CC(C)(C)OC(=O)Cn1c(SCCCN(C2CC2)S(=O)(=O)Cc2ccccc2)nc2ccccc21. The van der Waals surface area contributed by atoms with Gasteiger partial charge in [-0.2, -0.15) is 4.31 Å². The highest BCUT2D eigenvalue weighted by Gasteiger charge is 2.36. The van der Waals surface area contributed by atoms with Crippen molar-refractivity contribution in [3.63, 3.8) is 0 Å². The van der Waals surface area contributed by atoms with Gasteiger partial charge in [0.05, 0.1) is 16.8 Å². The van der Waals surface area contributed by atoms with Crippen molar-refractivity contribution >= 4 is 38.8 Å². The zero-order valence-corrected chi connectivity index (χ0v) is 22.1. The second-order valence-corrected chi connectivity index (χ2v) is 12.8. The molecule has 4 rings (SSSR count). The number of carbonyl (C=O) groups excluding carboxylic acids is 1. The highest BCUT2D eigenvalue weighted by Crippen LogP contribution is 2.31. The summed E-state index contributed by atoms with van der Waals surface area (Å²) < 4.78 is 35.3. The molecule has 188 valence electrons. The van der Waals surface area contributed by atoms with Crippen molar-refractivity contribution in [3.05, 3.63) is 60.2 Å². The Labute approximate surface area is 211 Å². The Morgan fingerprint density at radius 2 is 1.80 bits per heavy atom. The maximum Gasteiger partial charge on any atom is 0.326 e. The third kappa shape index (κ3) is 7.08. The first-order valence-electron chi connectivity index (χ1n) is 12.0. The van der Waals surface area contributed by atoms with E-state index in [2.05, 4.69) is 0 Å². The average molecular weight is 516 g/mol. The van der Waals surface area contributed by atoms with E-state index in [0.29, 0.717) is 18.7 Å². The zero-order valence-electron chi connectivity index (χ0n) is 20.5. The van der Waals surface area contributed by atoms with Gasteiger partial charge in [-0.1, -0.05) is 54.2 Å². The number of para-hydroxylation sites is 2. The minimum atomic E-state index is -3.38. The molecule has 0 N–H and O–H groups in total. The summed E-state index contributed by atoms with van der Waals surface area (Å²) in [4.78, 5) is 17.2. The number of hydrogen-bond donors (Lipinski definition) is 0. The molecule has 1 aromatic heterocycles. The molecular formula is C26H33N3O4S2. The van der Waals surface area contributed by atoms with Crippen LogP contribution in [0.4, 0.5) is 0 Å². The van der Waals surface area contributed by atoms with E-state index in [1.165, 1.54) is 0 Å². The smallest absolute Gasteiger partial charge is 0.326 e. The summed E-state index contributed by atoms with van der Waals surface area (Å²) in [5.41, 5.74) is 1.95. The molecule has 0 unspecified atom stereocenters. The second-order valence-electron chi connectivity index (χ2n) is 9.84. The van der Waals surface area contributed by atoms with Gasteiger partial charge < -0.3 is 9.30 Å². The fourth-order valence-corrected chi connectivity index (χ4v) is 6.77. The molecule has 0 saturated heterocycles. The Balaban J connectivity index is 1.40. The van der Waals surface area contributed by atoms with E-state index >= 15 is 0 Å². The molecule has 35 heavy (non-hydrogen) atoms. The van der Waals surface area contributed by atoms with Crippen LogP contribution in [-0.4, -0.2) is 52.2 Å². The summed E-state index contributed by atoms with van der Waals surface area (Å²) in [6.07, 6.45) is 2.55. The van der Waals surface area contributed by atoms with Crippen molar-refractivity contribution in [1.29, 1.82) is 0 Å². The normalized spacial score (nSPS) is 14.5. The third-order valence-corrected chi connectivity index (χ3v) is 8.54. The molecule has 1 aliphatic rings. The Kier molecular flexibility index (Phi) is 7.88. The van der Waals surface area contributed by atoms with Crippen LogP contribution in [0.1, 0.15) is 45.6 Å². The number of carbonyl (C=O) groups is 1. The highest BCUT2D eigenvalue weighted by molar-refractivity contribution is 7.99. The number of sulfonamides is 1. The topological polar surface area (TPSA) is 81.5 Å². The first-order valence-corrected chi connectivity index (χ1v) is 14.6. The van der Waals surface area contributed by atoms with Gasteiger partial charge in [0, 0.05) is 18.3 Å². The van der Waals surface area contributed by atoms with Crippen molar-refractivity contribution in [2.75, 3.05) is 12.3 Å². The first kappa shape index (κ1) is 25.7. The summed E-state index contributed by atoms with van der Waals surface area (Å²) >= 11 is 1.54. The van der Waals surface area contributed by atoms with Crippen LogP contribution < -0.4 is 0 Å². The van der Waals surface area contributed by atoms with E-state index < -0.39 is 15.6 Å². The van der Waals surface area contributed by atoms with Crippen LogP contribution in [0.2, 0.25) is 0 Å². The Morgan fingerprint density at radius 1 is 1.11 bits per heavy atom. The zero-order chi connectivity index (χ0) is 25.1. The summed E-state index contributed by atoms with van der Waals surface area (Å²) in [6.45, 7) is 6.12. The minimum Gasteiger partial charge on any atom is -0.459 e. The molecule has 2 aromatic carbocycles. The molecule has 0 aliphatic heterocycles. The van der Waals surface area contributed by atoms with E-state index in [1.54, 1.807) is 16.1 Å². The number of benzene rings is 2. The molecule has 9 heteroatoms. The first-order chi connectivity index (χ1) is 16.6. The second kappa shape index (κ2) is 10.7. The van der Waals surface area contributed by atoms with Gasteiger partial charge in [0.25, 0.3) is 0 Å². The van der Waals surface area contributed by atoms with Crippen LogP contribution in [0.15, 0.2) is 59.8 Å². The molecule has 1 fully saturated rings. The number of aromatic nitrogens is 2. The Hall–Kier alpha value is -2.36. The van der Waals surface area contributed by atoms with E-state index in [0.717, 1.165) is 34.6 Å². The quantitative estimate of drug-likeness (QED) is 0.206. The monoisotopic (exact) mass is 515 g/mol. The lowest BCUT2D eigenvalue weighted by atomic mass is 10.2. The fourth-order valence-electron chi connectivity index (χ4n) is 3.98. The number of nitrogens with zero attached hydrogens (tertiary/aromatic N) is 3. The predicted octanol–water partition coefficient (Wildman–Crippen LogP) is 4.85. The van der Waals surface area contributed by atoms with E-state index in [-0.39, 0.29) is 24.3 Å². The van der Waals surface area contributed by atoms with Gasteiger partial charge in [-0.25, -0.2) is 13.4 Å². The lowest BCUT2D eigenvalue weighted by Crippen LogP contribution is -2.35. The molecule has 1 aliphatic carbocycles. The molecular weight excluding hydrogens is 482 g/mol. The molecule has 1 heterocycles. The van der Waals surface area contributed by atoms with Crippen molar-refractivity contribution < 1.29 is 17.9 Å². The van der Waals surface area contributed by atoms with Crippen molar-refractivity contribution in [2.24, 2.45) is 0 Å². The molecule has 0 atom stereocenters. The molecule has 0 amide bonds. The van der Waals surface area contributed by atoms with Gasteiger partial charge in [-0.05, 0) is 57.7 Å². The van der Waals surface area contributed by atoms with Crippen molar-refractivity contribution in [2.45, 2.75) is 69.1 Å². The van der Waals surface area contributed by atoms with Crippen molar-refractivity contribution in [1.82, 2.24) is 13.9 Å². The van der Waals surface area contributed by atoms with Crippen molar-refractivity contribution in [3.8, 4) is 0 Å². The lowest BCUT2D eigenvalue weighted by molar-refractivity contribution is -0.155. The lowest BCUT2D eigenvalue weighted by Gasteiger charge is -2.22. The summed E-state index contributed by atoms with van der Waals surface area (Å²) in [5.74, 6) is 0.416. The Bertz CT molecular complexity index is 1260. The number of rotatable bonds is 11. The fraction of sp³-hybridized carbons (Fsp3) is 0.462. The predicted molar refractivity (Wildman–Crippen MR) is 140 cm³/mol. The van der Waals surface area contributed by atoms with Gasteiger partial charge in [0.15, 0.2) is 5.16 Å². The van der Waals surface area contributed by atoms with Crippen LogP contribution in [-0.2, 0) is 31.9 Å². The van der Waals surface area contributed by atoms with Crippen LogP contribution in [0.5, 0.6) is 0 Å². The van der Waals surface area contributed by atoms with Gasteiger partial charge in [-0.3, -0.25) is 4.79 Å². The van der Waals surface area contributed by atoms with Gasteiger partial charge in [-0.15, -0.1) is 0 Å². The highest BCUT2D eigenvalue weighted by atomic mass is 32.2. The molecule has 0 radical (unpaired) electrons. The van der Waals surface area contributed by atoms with Gasteiger partial charge >= 0.3 is 5.97 Å². The summed E-state index contributed by atoms with van der Waals surface area (Å²) in [7, 11) is -3.38. The van der Waals surface area contributed by atoms with Crippen LogP contribution >= 0.6 is 11.8 Å². The van der Waals surface area contributed by atoms with Crippen LogP contribution in [0, 0.1) is 0 Å². The van der Waals surface area contributed by atoms with E-state index in [1.807, 2.05) is 79.9 Å². The number of thioether (sulfide) groups is 1. The average Bonchev–Trinajstić information content (AvgIpc) is 3.55. The number of esters is 1. The molecule has 1 saturated carbocycles. The number of imidazole rings is 1. The minimum absolute atomic E-state index is 0.0309. The Morgan fingerprint density at radius 3 is 2.49 bits per heavy atom. The summed E-state index contributed by atoms with van der Waals surface area (Å²) in [5, 5.41) is 0.738. The number of hydrogen-bond acceptors (Lipinski definition) is 6. The number of ether oxygens (including phenoxy) is 1. The molecule has 0 bridgehead atoms. The van der Waals surface area contributed by atoms with Gasteiger partial charge in [0.1, 0.15) is 12.1 Å². The maximum atomic E-state index is 13.1.